The molecule has 36 heavy (non-hydrogen) atoms. The van der Waals surface area contributed by atoms with E-state index in [2.05, 4.69) is 4.90 Å². The molecule has 2 aliphatic heterocycles. The molecule has 0 saturated carbocycles. The van der Waals surface area contributed by atoms with Gasteiger partial charge in [0.15, 0.2) is 6.10 Å². The van der Waals surface area contributed by atoms with E-state index in [-0.39, 0.29) is 11.8 Å². The predicted molar refractivity (Wildman–Crippen MR) is 140 cm³/mol. The lowest BCUT2D eigenvalue weighted by Gasteiger charge is -2.38. The third-order valence-electron chi connectivity index (χ3n) is 7.56. The van der Waals surface area contributed by atoms with E-state index in [1.165, 1.54) is 23.1 Å². The zero-order chi connectivity index (χ0) is 25.8. The fraction of sp³-hybridized carbons (Fsp3) is 0.500. The molecule has 2 amide bonds. The fourth-order valence-electron chi connectivity index (χ4n) is 5.39. The first-order valence-corrected chi connectivity index (χ1v) is 13.1. The van der Waals surface area contributed by atoms with E-state index >= 15 is 0 Å². The minimum absolute atomic E-state index is 0.0959. The van der Waals surface area contributed by atoms with Crippen LogP contribution in [0, 0.1) is 17.7 Å². The Morgan fingerprint density at radius 1 is 1.03 bits per heavy atom. The molecule has 8 heteroatoms. The molecular weight excluding hydrogens is 481 g/mol. The van der Waals surface area contributed by atoms with E-state index in [9.17, 15) is 19.1 Å². The van der Waals surface area contributed by atoms with Crippen molar-refractivity contribution in [3.05, 3.63) is 64.4 Å². The second-order valence-electron chi connectivity index (χ2n) is 10.3. The Bertz CT molecular complexity index is 1080. The van der Waals surface area contributed by atoms with E-state index in [1.807, 2.05) is 18.2 Å². The Morgan fingerprint density at radius 2 is 1.67 bits per heavy atom. The molecule has 0 spiro atoms. The van der Waals surface area contributed by atoms with Crippen LogP contribution in [0.3, 0.4) is 0 Å². The number of anilines is 1. The predicted octanol–water partition coefficient (Wildman–Crippen LogP) is 4.76. The average Bonchev–Trinajstić information content (AvgIpc) is 2.88. The number of carbonyl (C=O) groups excluding carboxylic acids is 2. The summed E-state index contributed by atoms with van der Waals surface area (Å²) in [7, 11) is 3.44. The number of nitrogens with zero attached hydrogens (tertiary/aromatic N) is 3. The molecular formula is C28H35ClFN3O3. The van der Waals surface area contributed by atoms with Gasteiger partial charge in [-0.1, -0.05) is 23.7 Å². The number of aliphatic hydroxyl groups excluding tert-OH is 1. The molecule has 2 aromatic carbocycles. The van der Waals surface area contributed by atoms with Gasteiger partial charge in [0.05, 0.1) is 10.6 Å². The normalized spacial score (nSPS) is 18.2. The number of rotatable bonds is 6. The van der Waals surface area contributed by atoms with Crippen molar-refractivity contribution in [2.24, 2.45) is 11.8 Å². The summed E-state index contributed by atoms with van der Waals surface area (Å²) in [6, 6.07) is 11.3. The topological polar surface area (TPSA) is 64.1 Å². The second kappa shape index (κ2) is 11.6. The lowest BCUT2D eigenvalue weighted by atomic mass is 9.82. The number of likely N-dealkylation sites (tertiary alicyclic amines) is 1. The quantitative estimate of drug-likeness (QED) is 0.602. The van der Waals surface area contributed by atoms with Gasteiger partial charge in [-0.15, -0.1) is 0 Å². The molecule has 6 nitrogen and oxygen atoms in total. The minimum Gasteiger partial charge on any atom is -0.378 e. The van der Waals surface area contributed by atoms with E-state index in [0.29, 0.717) is 41.1 Å². The Morgan fingerprint density at radius 3 is 2.25 bits per heavy atom. The fourth-order valence-corrected chi connectivity index (χ4v) is 5.65. The van der Waals surface area contributed by atoms with Gasteiger partial charge in [-0.3, -0.25) is 9.59 Å². The van der Waals surface area contributed by atoms with Gasteiger partial charge in [-0.05, 0) is 79.8 Å². The number of amides is 2. The number of benzene rings is 2. The van der Waals surface area contributed by atoms with Gasteiger partial charge in [0.1, 0.15) is 5.82 Å². The number of carbonyl (C=O) groups is 2. The SMILES string of the molecule is CN(C)C(=O)c1ccc(N2CCC(CC3CCN(C(=O)C(O)c4cccc(F)c4)CC3)CC2)cc1Cl. The Labute approximate surface area is 217 Å². The first-order chi connectivity index (χ1) is 17.2. The molecule has 2 aromatic rings. The molecule has 2 saturated heterocycles. The molecule has 0 bridgehead atoms. The number of aliphatic hydroxyl groups is 1. The lowest BCUT2D eigenvalue weighted by Crippen LogP contribution is -2.42. The largest absolute Gasteiger partial charge is 0.378 e. The lowest BCUT2D eigenvalue weighted by molar-refractivity contribution is -0.142. The van der Waals surface area contributed by atoms with Crippen LogP contribution in [-0.2, 0) is 4.79 Å². The smallest absolute Gasteiger partial charge is 0.256 e. The second-order valence-corrected chi connectivity index (χ2v) is 10.7. The Balaban J connectivity index is 1.23. The van der Waals surface area contributed by atoms with Crippen LogP contribution in [0.25, 0.3) is 0 Å². The van der Waals surface area contributed by atoms with E-state index in [0.717, 1.165) is 50.9 Å². The van der Waals surface area contributed by atoms with Gasteiger partial charge >= 0.3 is 0 Å². The number of hydrogen-bond acceptors (Lipinski definition) is 4. The summed E-state index contributed by atoms with van der Waals surface area (Å²) in [6.45, 7) is 3.18. The maximum absolute atomic E-state index is 13.5. The van der Waals surface area contributed by atoms with E-state index in [4.69, 9.17) is 11.6 Å². The minimum atomic E-state index is -1.31. The molecule has 194 valence electrons. The van der Waals surface area contributed by atoms with Crippen molar-refractivity contribution in [1.29, 1.82) is 0 Å². The molecule has 4 rings (SSSR count). The highest BCUT2D eigenvalue weighted by Crippen LogP contribution is 2.33. The van der Waals surface area contributed by atoms with Crippen molar-refractivity contribution in [1.82, 2.24) is 9.80 Å². The van der Waals surface area contributed by atoms with Crippen LogP contribution >= 0.6 is 11.6 Å². The summed E-state index contributed by atoms with van der Waals surface area (Å²) in [5.74, 6) is 0.327. The molecule has 1 atom stereocenters. The van der Waals surface area contributed by atoms with Crippen LogP contribution in [0.2, 0.25) is 5.02 Å². The zero-order valence-electron chi connectivity index (χ0n) is 21.0. The standard InChI is InChI=1S/C28H35ClFN3O3/c1-31(2)27(35)24-7-6-23(18-25(24)29)32-12-8-19(9-13-32)16-20-10-14-33(15-11-20)28(36)26(34)21-4-3-5-22(30)17-21/h3-7,17-20,26,34H,8-16H2,1-2H3. The summed E-state index contributed by atoms with van der Waals surface area (Å²) in [4.78, 5) is 30.5. The summed E-state index contributed by atoms with van der Waals surface area (Å²) in [5.41, 5.74) is 1.88. The van der Waals surface area contributed by atoms with Gasteiger partial charge in [-0.25, -0.2) is 4.39 Å². The molecule has 0 aromatic heterocycles. The van der Waals surface area contributed by atoms with Crippen molar-refractivity contribution >= 4 is 29.1 Å². The van der Waals surface area contributed by atoms with E-state index in [1.54, 1.807) is 25.1 Å². The zero-order valence-corrected chi connectivity index (χ0v) is 21.8. The number of hydrogen-bond donors (Lipinski definition) is 1. The molecule has 0 aliphatic carbocycles. The first-order valence-electron chi connectivity index (χ1n) is 12.7. The van der Waals surface area contributed by atoms with Crippen LogP contribution in [0.1, 0.15) is 54.1 Å². The third kappa shape index (κ3) is 6.19. The number of piperidine rings is 2. The summed E-state index contributed by atoms with van der Waals surface area (Å²) in [5, 5.41) is 10.9. The van der Waals surface area contributed by atoms with Crippen molar-refractivity contribution in [3.63, 3.8) is 0 Å². The Hall–Kier alpha value is -2.64. The van der Waals surface area contributed by atoms with Crippen molar-refractivity contribution in [3.8, 4) is 0 Å². The monoisotopic (exact) mass is 515 g/mol. The first kappa shape index (κ1) is 26.4. The third-order valence-corrected chi connectivity index (χ3v) is 7.87. The molecule has 2 fully saturated rings. The molecule has 1 N–H and O–H groups in total. The van der Waals surface area contributed by atoms with Gasteiger partial charge in [0.25, 0.3) is 11.8 Å². The van der Waals surface area contributed by atoms with Crippen LogP contribution in [0.4, 0.5) is 10.1 Å². The van der Waals surface area contributed by atoms with Crippen molar-refractivity contribution < 1.29 is 19.1 Å². The van der Waals surface area contributed by atoms with Gasteiger partial charge in [-0.2, -0.15) is 0 Å². The summed E-state index contributed by atoms with van der Waals surface area (Å²) < 4.78 is 13.5. The van der Waals surface area contributed by atoms with Gasteiger partial charge in [0.2, 0.25) is 0 Å². The molecule has 2 heterocycles. The van der Waals surface area contributed by atoms with Crippen LogP contribution in [0.5, 0.6) is 0 Å². The maximum atomic E-state index is 13.5. The van der Waals surface area contributed by atoms with Crippen molar-refractivity contribution in [2.45, 2.75) is 38.2 Å². The van der Waals surface area contributed by atoms with Gasteiger partial charge < -0.3 is 19.8 Å². The van der Waals surface area contributed by atoms with E-state index < -0.39 is 11.9 Å². The van der Waals surface area contributed by atoms with Crippen molar-refractivity contribution in [2.75, 3.05) is 45.2 Å². The number of halogens is 2. The summed E-state index contributed by atoms with van der Waals surface area (Å²) >= 11 is 6.41. The molecule has 0 radical (unpaired) electrons. The molecule has 2 aliphatic rings. The summed E-state index contributed by atoms with van der Waals surface area (Å²) in [6.07, 6.45) is 3.91. The Kier molecular flexibility index (Phi) is 8.52. The maximum Gasteiger partial charge on any atom is 0.256 e. The highest BCUT2D eigenvalue weighted by Gasteiger charge is 2.30. The van der Waals surface area contributed by atoms with Gasteiger partial charge in [0, 0.05) is 46.0 Å². The molecule has 1 unspecified atom stereocenters. The highest BCUT2D eigenvalue weighted by molar-refractivity contribution is 6.34. The van der Waals surface area contributed by atoms with Crippen LogP contribution < -0.4 is 4.90 Å². The van der Waals surface area contributed by atoms with Crippen LogP contribution in [-0.4, -0.2) is 67.0 Å². The average molecular weight is 516 g/mol. The van der Waals surface area contributed by atoms with Crippen LogP contribution in [0.15, 0.2) is 42.5 Å². The highest BCUT2D eigenvalue weighted by atomic mass is 35.5.